The summed E-state index contributed by atoms with van der Waals surface area (Å²) < 4.78 is 1.32. The van der Waals surface area contributed by atoms with E-state index in [4.69, 9.17) is 5.11 Å². The maximum atomic E-state index is 10.6. The van der Waals surface area contributed by atoms with E-state index in [2.05, 4.69) is 5.10 Å². The fourth-order valence-electron chi connectivity index (χ4n) is 1.23. The number of aromatic hydroxyl groups is 1. The van der Waals surface area contributed by atoms with Crippen LogP contribution >= 0.6 is 0 Å². The van der Waals surface area contributed by atoms with Crippen LogP contribution in [0.2, 0.25) is 0 Å². The zero-order chi connectivity index (χ0) is 10.8. The Hall–Kier alpha value is -2.30. The second kappa shape index (κ2) is 3.45. The SMILES string of the molecule is O=C(O)c1nn(-c2ccccc2)cc1O. The summed E-state index contributed by atoms with van der Waals surface area (Å²) in [5.41, 5.74) is 0.346. The maximum Gasteiger partial charge on any atom is 0.360 e. The minimum absolute atomic E-state index is 0.341. The Labute approximate surface area is 85.2 Å². The molecule has 2 N–H and O–H groups in total. The molecule has 5 heteroatoms. The van der Waals surface area contributed by atoms with Gasteiger partial charge in [0.05, 0.1) is 11.9 Å². The number of rotatable bonds is 2. The van der Waals surface area contributed by atoms with Crippen LogP contribution in [0, 0.1) is 0 Å². The van der Waals surface area contributed by atoms with Crippen molar-refractivity contribution in [1.29, 1.82) is 0 Å². The number of hydrogen-bond acceptors (Lipinski definition) is 3. The molecule has 0 bridgehead atoms. The highest BCUT2D eigenvalue weighted by Gasteiger charge is 2.15. The van der Waals surface area contributed by atoms with E-state index in [9.17, 15) is 9.90 Å². The smallest absolute Gasteiger partial charge is 0.360 e. The van der Waals surface area contributed by atoms with E-state index in [1.807, 2.05) is 6.07 Å². The molecule has 15 heavy (non-hydrogen) atoms. The normalized spacial score (nSPS) is 10.1. The molecule has 5 nitrogen and oxygen atoms in total. The molecule has 0 aliphatic carbocycles. The van der Waals surface area contributed by atoms with Crippen LogP contribution in [0.4, 0.5) is 0 Å². The van der Waals surface area contributed by atoms with Crippen molar-refractivity contribution in [1.82, 2.24) is 9.78 Å². The van der Waals surface area contributed by atoms with Crippen molar-refractivity contribution in [3.05, 3.63) is 42.2 Å². The summed E-state index contributed by atoms with van der Waals surface area (Å²) in [4.78, 5) is 10.6. The first-order chi connectivity index (χ1) is 7.18. The van der Waals surface area contributed by atoms with Crippen molar-refractivity contribution in [2.75, 3.05) is 0 Å². The summed E-state index contributed by atoms with van der Waals surface area (Å²) >= 11 is 0. The van der Waals surface area contributed by atoms with E-state index in [0.717, 1.165) is 0 Å². The monoisotopic (exact) mass is 204 g/mol. The van der Waals surface area contributed by atoms with Gasteiger partial charge in [-0.2, -0.15) is 5.10 Å². The first-order valence-electron chi connectivity index (χ1n) is 4.26. The predicted octanol–water partition coefficient (Wildman–Crippen LogP) is 1.28. The second-order valence-corrected chi connectivity index (χ2v) is 2.95. The van der Waals surface area contributed by atoms with Crippen LogP contribution < -0.4 is 0 Å². The number of benzene rings is 1. The summed E-state index contributed by atoms with van der Waals surface area (Å²) in [6, 6.07) is 8.96. The Balaban J connectivity index is 2.48. The largest absolute Gasteiger partial charge is 0.504 e. The van der Waals surface area contributed by atoms with Crippen LogP contribution in [0.15, 0.2) is 36.5 Å². The highest BCUT2D eigenvalue weighted by atomic mass is 16.4. The lowest BCUT2D eigenvalue weighted by molar-refractivity contribution is 0.0687. The van der Waals surface area contributed by atoms with Gasteiger partial charge >= 0.3 is 5.97 Å². The maximum absolute atomic E-state index is 10.6. The van der Waals surface area contributed by atoms with Gasteiger partial charge in [-0.1, -0.05) is 18.2 Å². The van der Waals surface area contributed by atoms with Gasteiger partial charge in [-0.25, -0.2) is 9.48 Å². The number of nitrogens with zero attached hydrogens (tertiary/aromatic N) is 2. The van der Waals surface area contributed by atoms with E-state index < -0.39 is 5.97 Å². The Kier molecular flexibility index (Phi) is 2.13. The molecule has 1 aromatic heterocycles. The van der Waals surface area contributed by atoms with Crippen LogP contribution in [-0.4, -0.2) is 26.0 Å². The number of hydrogen-bond donors (Lipinski definition) is 2. The molecule has 76 valence electrons. The molecule has 2 rings (SSSR count). The molecule has 0 saturated carbocycles. The molecule has 0 spiro atoms. The van der Waals surface area contributed by atoms with Crippen LogP contribution in [-0.2, 0) is 0 Å². The van der Waals surface area contributed by atoms with E-state index in [-0.39, 0.29) is 11.4 Å². The average Bonchev–Trinajstić information content (AvgIpc) is 2.62. The van der Waals surface area contributed by atoms with Crippen LogP contribution in [0.5, 0.6) is 5.75 Å². The summed E-state index contributed by atoms with van der Waals surface area (Å²) in [5, 5.41) is 21.7. The second-order valence-electron chi connectivity index (χ2n) is 2.95. The number of aromatic nitrogens is 2. The van der Waals surface area contributed by atoms with E-state index in [1.165, 1.54) is 10.9 Å². The lowest BCUT2D eigenvalue weighted by Crippen LogP contribution is -2.00. The first kappa shape index (κ1) is 9.26. The molecule has 2 aromatic rings. The molecule has 0 aliphatic heterocycles. The zero-order valence-corrected chi connectivity index (χ0v) is 7.66. The van der Waals surface area contributed by atoms with Gasteiger partial charge < -0.3 is 10.2 Å². The molecule has 0 aliphatic rings. The van der Waals surface area contributed by atoms with Crippen molar-refractivity contribution in [2.45, 2.75) is 0 Å². The fraction of sp³-hybridized carbons (Fsp3) is 0. The van der Waals surface area contributed by atoms with Crippen molar-refractivity contribution < 1.29 is 15.0 Å². The number of carboxylic acid groups (broad SMARTS) is 1. The van der Waals surface area contributed by atoms with Gasteiger partial charge in [0.1, 0.15) is 0 Å². The molecule has 0 radical (unpaired) electrons. The minimum atomic E-state index is -1.25. The number of aromatic carboxylic acids is 1. The number of carbonyl (C=O) groups is 1. The zero-order valence-electron chi connectivity index (χ0n) is 7.66. The molecule has 1 heterocycles. The van der Waals surface area contributed by atoms with E-state index >= 15 is 0 Å². The van der Waals surface area contributed by atoms with Crippen molar-refractivity contribution in [3.63, 3.8) is 0 Å². The third kappa shape index (κ3) is 1.67. The van der Waals surface area contributed by atoms with Gasteiger partial charge in [0, 0.05) is 0 Å². The average molecular weight is 204 g/mol. The lowest BCUT2D eigenvalue weighted by atomic mass is 10.3. The Morgan fingerprint density at radius 3 is 2.47 bits per heavy atom. The molecule has 0 fully saturated rings. The minimum Gasteiger partial charge on any atom is -0.504 e. The summed E-state index contributed by atoms with van der Waals surface area (Å²) in [7, 11) is 0. The quantitative estimate of drug-likeness (QED) is 0.772. The molecule has 1 aromatic carbocycles. The van der Waals surface area contributed by atoms with Crippen molar-refractivity contribution in [2.24, 2.45) is 0 Å². The van der Waals surface area contributed by atoms with Crippen LogP contribution in [0.3, 0.4) is 0 Å². The molecule has 0 amide bonds. The number of carboxylic acids is 1. The van der Waals surface area contributed by atoms with Crippen LogP contribution in [0.25, 0.3) is 5.69 Å². The van der Waals surface area contributed by atoms with Gasteiger partial charge in [0.15, 0.2) is 5.75 Å². The highest BCUT2D eigenvalue weighted by Crippen LogP contribution is 2.17. The number of para-hydroxylation sites is 1. The van der Waals surface area contributed by atoms with Gasteiger partial charge in [0.2, 0.25) is 5.69 Å². The molecule has 0 unspecified atom stereocenters. The molecular formula is C10H8N2O3. The van der Waals surface area contributed by atoms with E-state index in [0.29, 0.717) is 5.69 Å². The molecular weight excluding hydrogens is 196 g/mol. The summed E-state index contributed by atoms with van der Waals surface area (Å²) in [5.74, 6) is -1.59. The predicted molar refractivity (Wildman–Crippen MR) is 52.2 cm³/mol. The van der Waals surface area contributed by atoms with Gasteiger partial charge in [-0.15, -0.1) is 0 Å². The Morgan fingerprint density at radius 1 is 1.27 bits per heavy atom. The van der Waals surface area contributed by atoms with Crippen molar-refractivity contribution >= 4 is 5.97 Å². The van der Waals surface area contributed by atoms with Gasteiger partial charge in [0.25, 0.3) is 0 Å². The third-order valence-electron chi connectivity index (χ3n) is 1.92. The fourth-order valence-corrected chi connectivity index (χ4v) is 1.23. The molecule has 0 atom stereocenters. The summed E-state index contributed by atoms with van der Waals surface area (Å²) in [6.45, 7) is 0. The third-order valence-corrected chi connectivity index (χ3v) is 1.92. The standard InChI is InChI=1S/C10H8N2O3/c13-8-6-12(11-9(8)10(14)15)7-4-2-1-3-5-7/h1-6,13H,(H,14,15). The lowest BCUT2D eigenvalue weighted by Gasteiger charge is -1.98. The molecule has 0 saturated heterocycles. The van der Waals surface area contributed by atoms with Gasteiger partial charge in [-0.05, 0) is 12.1 Å². The van der Waals surface area contributed by atoms with E-state index in [1.54, 1.807) is 24.3 Å². The summed E-state index contributed by atoms with van der Waals surface area (Å²) in [6.07, 6.45) is 1.26. The Bertz CT molecular complexity index is 491. The first-order valence-corrected chi connectivity index (χ1v) is 4.26. The Morgan fingerprint density at radius 2 is 1.93 bits per heavy atom. The van der Waals surface area contributed by atoms with Crippen molar-refractivity contribution in [3.8, 4) is 11.4 Å². The van der Waals surface area contributed by atoms with Gasteiger partial charge in [-0.3, -0.25) is 0 Å². The highest BCUT2D eigenvalue weighted by molar-refractivity contribution is 5.88. The topological polar surface area (TPSA) is 75.3 Å². The van der Waals surface area contributed by atoms with Crippen LogP contribution in [0.1, 0.15) is 10.5 Å².